The standard InChI is InChI=1S/C14H15NO3S/c1-11-6-3-4-9-14(11)15-19(16,17)13-8-5-7-12(10-13)18-2/h3-10,15H,1-2H3. The van der Waals surface area contributed by atoms with Gasteiger partial charge in [0.2, 0.25) is 0 Å². The molecule has 0 radical (unpaired) electrons. The third kappa shape index (κ3) is 3.06. The molecule has 0 fully saturated rings. The maximum absolute atomic E-state index is 12.3. The van der Waals surface area contributed by atoms with Crippen molar-refractivity contribution in [2.75, 3.05) is 11.8 Å². The molecule has 0 saturated carbocycles. The fraction of sp³-hybridized carbons (Fsp3) is 0.143. The summed E-state index contributed by atoms with van der Waals surface area (Å²) in [6.45, 7) is 1.85. The predicted octanol–water partition coefficient (Wildman–Crippen LogP) is 2.80. The smallest absolute Gasteiger partial charge is 0.262 e. The van der Waals surface area contributed by atoms with Gasteiger partial charge in [0.1, 0.15) is 5.75 Å². The Morgan fingerprint density at radius 1 is 1.05 bits per heavy atom. The second kappa shape index (κ2) is 5.32. The van der Waals surface area contributed by atoms with Crippen molar-refractivity contribution in [3.05, 3.63) is 54.1 Å². The molecule has 0 aromatic heterocycles. The van der Waals surface area contributed by atoms with Crippen LogP contribution in [0.15, 0.2) is 53.4 Å². The van der Waals surface area contributed by atoms with E-state index >= 15 is 0 Å². The number of benzene rings is 2. The molecule has 0 aliphatic heterocycles. The molecule has 0 amide bonds. The molecule has 0 unspecified atom stereocenters. The van der Waals surface area contributed by atoms with Gasteiger partial charge < -0.3 is 4.74 Å². The molecule has 2 aromatic rings. The molecule has 4 nitrogen and oxygen atoms in total. The summed E-state index contributed by atoms with van der Waals surface area (Å²) in [7, 11) is -2.10. The highest BCUT2D eigenvalue weighted by Crippen LogP contribution is 2.21. The first-order valence-corrected chi connectivity index (χ1v) is 7.24. The molecular weight excluding hydrogens is 262 g/mol. The Morgan fingerprint density at radius 2 is 1.79 bits per heavy atom. The number of aryl methyl sites for hydroxylation is 1. The Balaban J connectivity index is 2.35. The first-order valence-electron chi connectivity index (χ1n) is 5.75. The zero-order chi connectivity index (χ0) is 13.9. The Hall–Kier alpha value is -2.01. The Morgan fingerprint density at radius 3 is 2.47 bits per heavy atom. The summed E-state index contributed by atoms with van der Waals surface area (Å²) in [5, 5.41) is 0. The zero-order valence-electron chi connectivity index (χ0n) is 10.8. The number of hydrogen-bond acceptors (Lipinski definition) is 3. The van der Waals surface area contributed by atoms with Crippen molar-refractivity contribution in [1.82, 2.24) is 0 Å². The van der Waals surface area contributed by atoms with E-state index in [2.05, 4.69) is 4.72 Å². The van der Waals surface area contributed by atoms with Crippen LogP contribution in [0.1, 0.15) is 5.56 Å². The Bertz CT molecular complexity index is 681. The summed E-state index contributed by atoms with van der Waals surface area (Å²) >= 11 is 0. The molecule has 100 valence electrons. The highest BCUT2D eigenvalue weighted by Gasteiger charge is 2.15. The van der Waals surface area contributed by atoms with Crippen LogP contribution < -0.4 is 9.46 Å². The van der Waals surface area contributed by atoms with Crippen LogP contribution in [-0.4, -0.2) is 15.5 Å². The van der Waals surface area contributed by atoms with E-state index in [9.17, 15) is 8.42 Å². The van der Waals surface area contributed by atoms with Gasteiger partial charge in [0.25, 0.3) is 10.0 Å². The molecule has 1 N–H and O–H groups in total. The quantitative estimate of drug-likeness (QED) is 0.935. The van der Waals surface area contributed by atoms with Gasteiger partial charge in [0, 0.05) is 6.07 Å². The zero-order valence-corrected chi connectivity index (χ0v) is 11.6. The van der Waals surface area contributed by atoms with E-state index < -0.39 is 10.0 Å². The summed E-state index contributed by atoms with van der Waals surface area (Å²) in [5.41, 5.74) is 1.44. The summed E-state index contributed by atoms with van der Waals surface area (Å²) in [5.74, 6) is 0.507. The first-order chi connectivity index (χ1) is 9.03. The Kier molecular flexibility index (Phi) is 3.76. The van der Waals surface area contributed by atoms with Gasteiger partial charge in [-0.25, -0.2) is 8.42 Å². The summed E-state index contributed by atoms with van der Waals surface area (Å²) < 4.78 is 32.1. The van der Waals surface area contributed by atoms with E-state index in [1.54, 1.807) is 24.3 Å². The van der Waals surface area contributed by atoms with Gasteiger partial charge in [-0.15, -0.1) is 0 Å². The van der Waals surface area contributed by atoms with Crippen molar-refractivity contribution in [2.45, 2.75) is 11.8 Å². The lowest BCUT2D eigenvalue weighted by Crippen LogP contribution is -2.13. The number of hydrogen-bond donors (Lipinski definition) is 1. The first kappa shape index (κ1) is 13.4. The molecule has 0 spiro atoms. The van der Waals surface area contributed by atoms with Crippen molar-refractivity contribution in [1.29, 1.82) is 0 Å². The number of methoxy groups -OCH3 is 1. The largest absolute Gasteiger partial charge is 0.497 e. The van der Waals surface area contributed by atoms with Crippen LogP contribution in [0.2, 0.25) is 0 Å². The minimum absolute atomic E-state index is 0.176. The average Bonchev–Trinajstić information content (AvgIpc) is 2.41. The van der Waals surface area contributed by atoms with Crippen LogP contribution >= 0.6 is 0 Å². The van der Waals surface area contributed by atoms with Crippen molar-refractivity contribution >= 4 is 15.7 Å². The summed E-state index contributed by atoms with van der Waals surface area (Å²) in [6, 6.07) is 13.6. The number of ether oxygens (including phenoxy) is 1. The lowest BCUT2D eigenvalue weighted by atomic mass is 10.2. The van der Waals surface area contributed by atoms with Gasteiger partial charge in [-0.05, 0) is 30.7 Å². The fourth-order valence-electron chi connectivity index (χ4n) is 1.66. The molecule has 5 heteroatoms. The van der Waals surface area contributed by atoms with Gasteiger partial charge in [-0.2, -0.15) is 0 Å². The van der Waals surface area contributed by atoms with Crippen molar-refractivity contribution < 1.29 is 13.2 Å². The molecule has 0 saturated heterocycles. The lowest BCUT2D eigenvalue weighted by molar-refractivity contribution is 0.413. The van der Waals surface area contributed by atoms with Crippen LogP contribution in [0, 0.1) is 6.92 Å². The van der Waals surface area contributed by atoms with Crippen LogP contribution in [0.5, 0.6) is 5.75 Å². The SMILES string of the molecule is COc1cccc(S(=O)(=O)Nc2ccccc2C)c1. The van der Waals surface area contributed by atoms with Crippen molar-refractivity contribution in [3.8, 4) is 5.75 Å². The summed E-state index contributed by atoms with van der Waals surface area (Å²) in [4.78, 5) is 0.176. The molecule has 19 heavy (non-hydrogen) atoms. The fourth-order valence-corrected chi connectivity index (χ4v) is 2.82. The monoisotopic (exact) mass is 277 g/mol. The number of para-hydroxylation sites is 1. The van der Waals surface area contributed by atoms with E-state index in [1.165, 1.54) is 19.2 Å². The molecular formula is C14H15NO3S. The molecule has 2 rings (SSSR count). The maximum atomic E-state index is 12.3. The average molecular weight is 277 g/mol. The highest BCUT2D eigenvalue weighted by molar-refractivity contribution is 7.92. The number of rotatable bonds is 4. The van der Waals surface area contributed by atoms with E-state index in [4.69, 9.17) is 4.74 Å². The minimum Gasteiger partial charge on any atom is -0.497 e. The van der Waals surface area contributed by atoms with Gasteiger partial charge >= 0.3 is 0 Å². The van der Waals surface area contributed by atoms with Crippen LogP contribution in [0.3, 0.4) is 0 Å². The summed E-state index contributed by atoms with van der Waals surface area (Å²) in [6.07, 6.45) is 0. The third-order valence-electron chi connectivity index (χ3n) is 2.74. The van der Waals surface area contributed by atoms with Crippen molar-refractivity contribution in [3.63, 3.8) is 0 Å². The second-order valence-corrected chi connectivity index (χ2v) is 5.78. The van der Waals surface area contributed by atoms with E-state index in [0.717, 1.165) is 5.56 Å². The molecule has 0 atom stereocenters. The van der Waals surface area contributed by atoms with Crippen molar-refractivity contribution in [2.24, 2.45) is 0 Å². The maximum Gasteiger partial charge on any atom is 0.262 e. The molecule has 2 aromatic carbocycles. The highest BCUT2D eigenvalue weighted by atomic mass is 32.2. The normalized spacial score (nSPS) is 11.1. The van der Waals surface area contributed by atoms with E-state index in [-0.39, 0.29) is 4.90 Å². The third-order valence-corrected chi connectivity index (χ3v) is 4.10. The predicted molar refractivity (Wildman–Crippen MR) is 75.0 cm³/mol. The number of nitrogens with one attached hydrogen (secondary N) is 1. The second-order valence-electron chi connectivity index (χ2n) is 4.10. The molecule has 0 aliphatic rings. The van der Waals surface area contributed by atoms with E-state index in [0.29, 0.717) is 11.4 Å². The molecule has 0 bridgehead atoms. The lowest BCUT2D eigenvalue weighted by Gasteiger charge is -2.11. The van der Waals surface area contributed by atoms with E-state index in [1.807, 2.05) is 19.1 Å². The van der Waals surface area contributed by atoms with Crippen LogP contribution in [0.4, 0.5) is 5.69 Å². The van der Waals surface area contributed by atoms with Crippen LogP contribution in [0.25, 0.3) is 0 Å². The molecule has 0 aliphatic carbocycles. The topological polar surface area (TPSA) is 55.4 Å². The number of sulfonamides is 1. The minimum atomic E-state index is -3.60. The molecule has 0 heterocycles. The van der Waals surface area contributed by atoms with Gasteiger partial charge in [0.15, 0.2) is 0 Å². The number of anilines is 1. The van der Waals surface area contributed by atoms with Gasteiger partial charge in [-0.3, -0.25) is 4.72 Å². The van der Waals surface area contributed by atoms with Crippen LogP contribution in [-0.2, 0) is 10.0 Å². The van der Waals surface area contributed by atoms with Gasteiger partial charge in [-0.1, -0.05) is 24.3 Å². The van der Waals surface area contributed by atoms with Gasteiger partial charge in [0.05, 0.1) is 17.7 Å². The Labute approximate surface area is 113 Å².